The molecule has 1 aromatic rings. The van der Waals surface area contributed by atoms with Crippen molar-refractivity contribution in [1.82, 2.24) is 10.3 Å². The Morgan fingerprint density at radius 1 is 1.60 bits per heavy atom. The van der Waals surface area contributed by atoms with E-state index >= 15 is 0 Å². The normalized spacial score (nSPS) is 21.1. The SMILES string of the molecule is C[C@H]1CN(c2ccc(C#N)nc2)CCN1. The molecular weight excluding hydrogens is 188 g/mol. The van der Waals surface area contributed by atoms with Crippen LogP contribution in [0.25, 0.3) is 0 Å². The number of rotatable bonds is 1. The molecule has 0 radical (unpaired) electrons. The van der Waals surface area contributed by atoms with Crippen LogP contribution < -0.4 is 10.2 Å². The van der Waals surface area contributed by atoms with Gasteiger partial charge in [-0.25, -0.2) is 4.98 Å². The number of nitrogens with one attached hydrogen (secondary N) is 1. The Morgan fingerprint density at radius 2 is 2.47 bits per heavy atom. The molecule has 0 amide bonds. The Labute approximate surface area is 89.5 Å². The van der Waals surface area contributed by atoms with Crippen LogP contribution in [0.4, 0.5) is 5.69 Å². The average Bonchev–Trinajstić information content (AvgIpc) is 2.29. The molecule has 0 spiro atoms. The molecule has 1 aliphatic heterocycles. The highest BCUT2D eigenvalue weighted by atomic mass is 15.2. The third kappa shape index (κ3) is 2.25. The summed E-state index contributed by atoms with van der Waals surface area (Å²) in [5, 5.41) is 12.0. The van der Waals surface area contributed by atoms with Gasteiger partial charge in [-0.2, -0.15) is 5.26 Å². The van der Waals surface area contributed by atoms with E-state index in [9.17, 15) is 0 Å². The molecule has 4 heteroatoms. The van der Waals surface area contributed by atoms with Crippen molar-refractivity contribution in [1.29, 1.82) is 5.26 Å². The Morgan fingerprint density at radius 3 is 3.07 bits per heavy atom. The number of piperazine rings is 1. The van der Waals surface area contributed by atoms with E-state index in [4.69, 9.17) is 5.26 Å². The summed E-state index contributed by atoms with van der Waals surface area (Å²) in [6.07, 6.45) is 1.77. The van der Waals surface area contributed by atoms with Gasteiger partial charge in [-0.05, 0) is 19.1 Å². The fourth-order valence-electron chi connectivity index (χ4n) is 1.81. The van der Waals surface area contributed by atoms with Crippen molar-refractivity contribution < 1.29 is 0 Å². The molecule has 2 heterocycles. The first kappa shape index (κ1) is 9.94. The molecule has 0 aromatic carbocycles. The van der Waals surface area contributed by atoms with Gasteiger partial charge in [0.15, 0.2) is 0 Å². The van der Waals surface area contributed by atoms with Crippen LogP contribution >= 0.6 is 0 Å². The van der Waals surface area contributed by atoms with Gasteiger partial charge in [-0.15, -0.1) is 0 Å². The fraction of sp³-hybridized carbons (Fsp3) is 0.455. The summed E-state index contributed by atoms with van der Waals surface area (Å²) >= 11 is 0. The van der Waals surface area contributed by atoms with Crippen LogP contribution in [-0.2, 0) is 0 Å². The number of nitrogens with zero attached hydrogens (tertiary/aromatic N) is 3. The van der Waals surface area contributed by atoms with Crippen LogP contribution in [0.1, 0.15) is 12.6 Å². The van der Waals surface area contributed by atoms with E-state index in [0.717, 1.165) is 25.3 Å². The zero-order valence-electron chi connectivity index (χ0n) is 8.77. The predicted octanol–water partition coefficient (Wildman–Crippen LogP) is 0.751. The standard InChI is InChI=1S/C11H14N4/c1-9-8-15(5-4-13-9)11-3-2-10(6-12)14-7-11/h2-3,7,9,13H,4-5,8H2,1H3/t9-/m0/s1. The lowest BCUT2D eigenvalue weighted by molar-refractivity contribution is 0.484. The molecule has 1 N–H and O–H groups in total. The molecule has 1 aromatic heterocycles. The molecule has 0 saturated carbocycles. The van der Waals surface area contributed by atoms with E-state index in [0.29, 0.717) is 11.7 Å². The van der Waals surface area contributed by atoms with Crippen LogP contribution in [0.3, 0.4) is 0 Å². The molecule has 0 bridgehead atoms. The van der Waals surface area contributed by atoms with Crippen molar-refractivity contribution in [2.75, 3.05) is 24.5 Å². The maximum Gasteiger partial charge on any atom is 0.140 e. The lowest BCUT2D eigenvalue weighted by atomic mass is 10.2. The topological polar surface area (TPSA) is 52.0 Å². The maximum atomic E-state index is 8.64. The van der Waals surface area contributed by atoms with Crippen LogP contribution in [0, 0.1) is 11.3 Å². The van der Waals surface area contributed by atoms with E-state index < -0.39 is 0 Å². The van der Waals surface area contributed by atoms with Crippen molar-refractivity contribution in [3.05, 3.63) is 24.0 Å². The highest BCUT2D eigenvalue weighted by molar-refractivity contribution is 5.46. The largest absolute Gasteiger partial charge is 0.367 e. The van der Waals surface area contributed by atoms with Crippen molar-refractivity contribution >= 4 is 5.69 Å². The minimum atomic E-state index is 0.474. The quantitative estimate of drug-likeness (QED) is 0.730. The molecule has 1 atom stereocenters. The Kier molecular flexibility index (Phi) is 2.84. The number of nitriles is 1. The second-order valence-electron chi connectivity index (χ2n) is 3.81. The highest BCUT2D eigenvalue weighted by Crippen LogP contribution is 2.14. The number of anilines is 1. The fourth-order valence-corrected chi connectivity index (χ4v) is 1.81. The summed E-state index contributed by atoms with van der Waals surface area (Å²) in [7, 11) is 0. The van der Waals surface area contributed by atoms with Crippen molar-refractivity contribution in [3.8, 4) is 6.07 Å². The summed E-state index contributed by atoms with van der Waals surface area (Å²) in [5.74, 6) is 0. The molecular formula is C11H14N4. The first-order valence-corrected chi connectivity index (χ1v) is 5.14. The summed E-state index contributed by atoms with van der Waals surface area (Å²) < 4.78 is 0. The van der Waals surface area contributed by atoms with E-state index in [1.54, 1.807) is 12.3 Å². The molecule has 2 rings (SSSR count). The van der Waals surface area contributed by atoms with Gasteiger partial charge in [-0.3, -0.25) is 0 Å². The highest BCUT2D eigenvalue weighted by Gasteiger charge is 2.15. The van der Waals surface area contributed by atoms with Gasteiger partial charge in [0.25, 0.3) is 0 Å². The number of hydrogen-bond acceptors (Lipinski definition) is 4. The van der Waals surface area contributed by atoms with Gasteiger partial charge < -0.3 is 10.2 Å². The molecule has 78 valence electrons. The lowest BCUT2D eigenvalue weighted by Gasteiger charge is -2.33. The second kappa shape index (κ2) is 4.28. The molecule has 1 fully saturated rings. The third-order valence-electron chi connectivity index (χ3n) is 2.60. The monoisotopic (exact) mass is 202 g/mol. The Balaban J connectivity index is 2.12. The summed E-state index contributed by atoms with van der Waals surface area (Å²) in [6.45, 7) is 5.16. The zero-order chi connectivity index (χ0) is 10.7. The lowest BCUT2D eigenvalue weighted by Crippen LogP contribution is -2.49. The van der Waals surface area contributed by atoms with Crippen molar-refractivity contribution in [2.45, 2.75) is 13.0 Å². The molecule has 0 aliphatic carbocycles. The minimum Gasteiger partial charge on any atom is -0.367 e. The van der Waals surface area contributed by atoms with Gasteiger partial charge in [-0.1, -0.05) is 0 Å². The average molecular weight is 202 g/mol. The van der Waals surface area contributed by atoms with Crippen LogP contribution in [0.2, 0.25) is 0 Å². The minimum absolute atomic E-state index is 0.474. The van der Waals surface area contributed by atoms with E-state index in [1.165, 1.54) is 0 Å². The van der Waals surface area contributed by atoms with Gasteiger partial charge in [0, 0.05) is 25.7 Å². The van der Waals surface area contributed by atoms with Crippen LogP contribution in [0.15, 0.2) is 18.3 Å². The number of hydrogen-bond donors (Lipinski definition) is 1. The maximum absolute atomic E-state index is 8.64. The molecule has 0 unspecified atom stereocenters. The van der Waals surface area contributed by atoms with Gasteiger partial charge in [0.05, 0.1) is 11.9 Å². The molecule has 15 heavy (non-hydrogen) atoms. The second-order valence-corrected chi connectivity index (χ2v) is 3.81. The summed E-state index contributed by atoms with van der Waals surface area (Å²) in [4.78, 5) is 6.36. The van der Waals surface area contributed by atoms with Crippen LogP contribution in [-0.4, -0.2) is 30.7 Å². The van der Waals surface area contributed by atoms with Crippen molar-refractivity contribution in [3.63, 3.8) is 0 Å². The van der Waals surface area contributed by atoms with E-state index in [1.807, 2.05) is 12.1 Å². The first-order chi connectivity index (χ1) is 7.29. The summed E-state index contributed by atoms with van der Waals surface area (Å²) in [6, 6.07) is 6.26. The predicted molar refractivity (Wildman–Crippen MR) is 58.6 cm³/mol. The smallest absolute Gasteiger partial charge is 0.140 e. The first-order valence-electron chi connectivity index (χ1n) is 5.14. The number of pyridine rings is 1. The Bertz CT molecular complexity index is 365. The molecule has 1 aliphatic rings. The van der Waals surface area contributed by atoms with Crippen molar-refractivity contribution in [2.24, 2.45) is 0 Å². The molecule has 4 nitrogen and oxygen atoms in total. The van der Waals surface area contributed by atoms with Gasteiger partial charge in [0.2, 0.25) is 0 Å². The van der Waals surface area contributed by atoms with E-state index in [-0.39, 0.29) is 0 Å². The van der Waals surface area contributed by atoms with E-state index in [2.05, 4.69) is 22.1 Å². The number of aromatic nitrogens is 1. The summed E-state index contributed by atoms with van der Waals surface area (Å²) in [5.41, 5.74) is 1.57. The van der Waals surface area contributed by atoms with Gasteiger partial charge in [0.1, 0.15) is 11.8 Å². The Hall–Kier alpha value is -1.60. The third-order valence-corrected chi connectivity index (χ3v) is 2.60. The molecule has 1 saturated heterocycles. The van der Waals surface area contributed by atoms with Crippen LogP contribution in [0.5, 0.6) is 0 Å². The zero-order valence-corrected chi connectivity index (χ0v) is 8.77. The van der Waals surface area contributed by atoms with Gasteiger partial charge >= 0.3 is 0 Å².